The number of furan rings is 1. The molecule has 0 saturated heterocycles. The molecule has 3 aromatic heterocycles. The first-order valence-electron chi connectivity index (χ1n) is 8.28. The highest BCUT2D eigenvalue weighted by Gasteiger charge is 2.21. The fraction of sp³-hybridized carbons (Fsp3) is 0.368. The second-order valence-electron chi connectivity index (χ2n) is 6.10. The summed E-state index contributed by atoms with van der Waals surface area (Å²) in [6.07, 6.45) is 1.04. The molecule has 132 valence electrons. The summed E-state index contributed by atoms with van der Waals surface area (Å²) in [5.41, 5.74) is 0.997. The second-order valence-corrected chi connectivity index (χ2v) is 8.45. The quantitative estimate of drug-likeness (QED) is 0.593. The van der Waals surface area contributed by atoms with Crippen LogP contribution in [0.1, 0.15) is 40.7 Å². The summed E-state index contributed by atoms with van der Waals surface area (Å²) in [5, 5.41) is 3.07. The normalized spacial score (nSPS) is 12.3. The number of amides is 1. The van der Waals surface area contributed by atoms with Crippen LogP contribution in [0.25, 0.3) is 10.6 Å². The van der Waals surface area contributed by atoms with Crippen molar-refractivity contribution in [2.24, 2.45) is 0 Å². The molecule has 0 aliphatic rings. The number of thiophene rings is 1. The molecule has 0 aliphatic heterocycles. The highest BCUT2D eigenvalue weighted by molar-refractivity contribution is 7.13. The van der Waals surface area contributed by atoms with E-state index < -0.39 is 0 Å². The summed E-state index contributed by atoms with van der Waals surface area (Å²) in [7, 11) is 1.85. The van der Waals surface area contributed by atoms with E-state index in [1.165, 1.54) is 4.88 Å². The van der Waals surface area contributed by atoms with Gasteiger partial charge >= 0.3 is 0 Å². The average Bonchev–Trinajstić information content (AvgIpc) is 3.31. The lowest BCUT2D eigenvalue weighted by atomic mass is 10.1. The predicted molar refractivity (Wildman–Crippen MR) is 103 cm³/mol. The molecule has 3 heterocycles. The van der Waals surface area contributed by atoms with Crippen LogP contribution in [0.4, 0.5) is 0 Å². The maximum Gasteiger partial charge on any atom is 0.223 e. The lowest BCUT2D eigenvalue weighted by molar-refractivity contribution is -0.131. The van der Waals surface area contributed by atoms with Crippen molar-refractivity contribution in [3.63, 3.8) is 0 Å². The summed E-state index contributed by atoms with van der Waals surface area (Å²) in [6.45, 7) is 6.09. The summed E-state index contributed by atoms with van der Waals surface area (Å²) in [4.78, 5) is 21.2. The van der Waals surface area contributed by atoms with Gasteiger partial charge in [-0.15, -0.1) is 22.7 Å². The molecule has 0 fully saturated rings. The van der Waals surface area contributed by atoms with Crippen LogP contribution in [0, 0.1) is 13.8 Å². The molecule has 0 bridgehead atoms. The van der Waals surface area contributed by atoms with Crippen molar-refractivity contribution in [1.82, 2.24) is 9.88 Å². The monoisotopic (exact) mass is 374 g/mol. The second kappa shape index (κ2) is 7.54. The molecule has 0 saturated carbocycles. The van der Waals surface area contributed by atoms with Gasteiger partial charge in [-0.05, 0) is 44.4 Å². The van der Waals surface area contributed by atoms with Gasteiger partial charge in [-0.3, -0.25) is 4.79 Å². The van der Waals surface area contributed by atoms with Crippen molar-refractivity contribution in [2.75, 3.05) is 7.05 Å². The van der Waals surface area contributed by atoms with Gasteiger partial charge in [0, 0.05) is 24.8 Å². The minimum atomic E-state index is -0.0178. The highest BCUT2D eigenvalue weighted by atomic mass is 32.1. The van der Waals surface area contributed by atoms with E-state index in [4.69, 9.17) is 4.42 Å². The van der Waals surface area contributed by atoms with Crippen molar-refractivity contribution in [1.29, 1.82) is 0 Å². The Hall–Kier alpha value is -1.92. The van der Waals surface area contributed by atoms with Crippen molar-refractivity contribution in [2.45, 2.75) is 39.7 Å². The molecule has 0 spiro atoms. The van der Waals surface area contributed by atoms with Crippen molar-refractivity contribution in [3.05, 3.63) is 51.0 Å². The highest BCUT2D eigenvalue weighted by Crippen LogP contribution is 2.28. The van der Waals surface area contributed by atoms with Crippen LogP contribution in [-0.2, 0) is 11.2 Å². The van der Waals surface area contributed by atoms with Gasteiger partial charge in [0.25, 0.3) is 0 Å². The van der Waals surface area contributed by atoms with Gasteiger partial charge in [-0.25, -0.2) is 4.98 Å². The first-order valence-corrected chi connectivity index (χ1v) is 9.97. The topological polar surface area (TPSA) is 46.3 Å². The standard InChI is InChI=1S/C19H22N2O2S2/c1-12(19-13(2)25-14(3)20-19)21(4)18(22)10-8-15-7-9-16(23-15)17-6-5-11-24-17/h5-7,9,11-12H,8,10H2,1-4H3. The van der Waals surface area contributed by atoms with Gasteiger partial charge in [-0.1, -0.05) is 6.07 Å². The molecule has 6 heteroatoms. The number of rotatable bonds is 6. The molecule has 1 amide bonds. The van der Waals surface area contributed by atoms with Gasteiger partial charge in [0.05, 0.1) is 21.6 Å². The molecule has 0 N–H and O–H groups in total. The molecular weight excluding hydrogens is 352 g/mol. The maximum absolute atomic E-state index is 12.5. The largest absolute Gasteiger partial charge is 0.460 e. The van der Waals surface area contributed by atoms with E-state index in [0.717, 1.165) is 27.1 Å². The molecule has 0 radical (unpaired) electrons. The van der Waals surface area contributed by atoms with Gasteiger partial charge in [0.1, 0.15) is 11.5 Å². The molecular formula is C19H22N2O2S2. The minimum Gasteiger partial charge on any atom is -0.460 e. The Kier molecular flexibility index (Phi) is 5.39. The van der Waals surface area contributed by atoms with Gasteiger partial charge in [0.15, 0.2) is 0 Å². The Morgan fingerprint density at radius 3 is 2.76 bits per heavy atom. The maximum atomic E-state index is 12.5. The molecule has 1 unspecified atom stereocenters. The first-order chi connectivity index (χ1) is 12.0. The number of hydrogen-bond acceptors (Lipinski definition) is 5. The zero-order valence-electron chi connectivity index (χ0n) is 14.9. The number of aryl methyl sites for hydroxylation is 3. The first kappa shape index (κ1) is 17.9. The Labute approximate surface area is 156 Å². The number of nitrogens with zero attached hydrogens (tertiary/aromatic N) is 2. The SMILES string of the molecule is Cc1nc(C(C)N(C)C(=O)CCc2ccc(-c3cccs3)o2)c(C)s1. The van der Waals surface area contributed by atoms with Crippen molar-refractivity contribution in [3.8, 4) is 10.6 Å². The summed E-state index contributed by atoms with van der Waals surface area (Å²) < 4.78 is 5.85. The molecule has 0 aromatic carbocycles. The van der Waals surface area contributed by atoms with E-state index in [-0.39, 0.29) is 11.9 Å². The molecule has 0 aliphatic carbocycles. The van der Waals surface area contributed by atoms with Crippen molar-refractivity contribution >= 4 is 28.6 Å². The number of carbonyl (C=O) groups is 1. The molecule has 3 aromatic rings. The van der Waals surface area contributed by atoms with Crippen LogP contribution in [0.15, 0.2) is 34.1 Å². The van der Waals surface area contributed by atoms with Gasteiger partial charge < -0.3 is 9.32 Å². The van der Waals surface area contributed by atoms with Gasteiger partial charge in [-0.2, -0.15) is 0 Å². The Morgan fingerprint density at radius 2 is 2.12 bits per heavy atom. The number of aromatic nitrogens is 1. The Bertz CT molecular complexity index is 849. The van der Waals surface area contributed by atoms with Crippen molar-refractivity contribution < 1.29 is 9.21 Å². The van der Waals surface area contributed by atoms with E-state index in [1.807, 2.05) is 50.5 Å². The van der Waals surface area contributed by atoms with Crippen LogP contribution in [0.2, 0.25) is 0 Å². The number of carbonyl (C=O) groups excluding carboxylic acids is 1. The number of hydrogen-bond donors (Lipinski definition) is 0. The zero-order chi connectivity index (χ0) is 18.0. The molecule has 3 rings (SSSR count). The molecule has 4 nitrogen and oxygen atoms in total. The van der Waals surface area contributed by atoms with Crippen LogP contribution in [0.3, 0.4) is 0 Å². The van der Waals surface area contributed by atoms with Crippen LogP contribution < -0.4 is 0 Å². The van der Waals surface area contributed by atoms with Crippen LogP contribution >= 0.6 is 22.7 Å². The van der Waals surface area contributed by atoms with Gasteiger partial charge in [0.2, 0.25) is 5.91 Å². The third-order valence-electron chi connectivity index (χ3n) is 4.32. The summed E-state index contributed by atoms with van der Waals surface area (Å²) in [5.74, 6) is 1.82. The van der Waals surface area contributed by atoms with Crippen LogP contribution in [0.5, 0.6) is 0 Å². The van der Waals surface area contributed by atoms with E-state index in [9.17, 15) is 4.79 Å². The lowest BCUT2D eigenvalue weighted by Crippen LogP contribution is -2.30. The third-order valence-corrected chi connectivity index (χ3v) is 6.11. The van der Waals surface area contributed by atoms with E-state index in [0.29, 0.717) is 12.8 Å². The van der Waals surface area contributed by atoms with E-state index in [2.05, 4.69) is 11.9 Å². The van der Waals surface area contributed by atoms with Crippen LogP contribution in [-0.4, -0.2) is 22.8 Å². The Balaban J connectivity index is 1.59. The third kappa shape index (κ3) is 4.02. The van der Waals surface area contributed by atoms with E-state index in [1.54, 1.807) is 27.6 Å². The molecule has 1 atom stereocenters. The predicted octanol–water partition coefficient (Wildman–Crippen LogP) is 5.23. The summed E-state index contributed by atoms with van der Waals surface area (Å²) >= 11 is 3.32. The lowest BCUT2D eigenvalue weighted by Gasteiger charge is -2.24. The fourth-order valence-electron chi connectivity index (χ4n) is 2.80. The smallest absolute Gasteiger partial charge is 0.223 e. The minimum absolute atomic E-state index is 0.0178. The fourth-order valence-corrected chi connectivity index (χ4v) is 4.40. The number of thiazole rings is 1. The molecule has 25 heavy (non-hydrogen) atoms. The zero-order valence-corrected chi connectivity index (χ0v) is 16.5. The van der Waals surface area contributed by atoms with E-state index >= 15 is 0 Å². The Morgan fingerprint density at radius 1 is 1.32 bits per heavy atom. The average molecular weight is 375 g/mol. The summed E-state index contributed by atoms with van der Waals surface area (Å²) in [6, 6.07) is 7.95.